The minimum Gasteiger partial charge on any atom is -0.456 e. The van der Waals surface area contributed by atoms with Crippen molar-refractivity contribution in [3.05, 3.63) is 98.7 Å². The van der Waals surface area contributed by atoms with Gasteiger partial charge in [0.1, 0.15) is 12.3 Å². The minimum atomic E-state index is -1.94. The summed E-state index contributed by atoms with van der Waals surface area (Å²) >= 11 is 1.47. The van der Waals surface area contributed by atoms with Gasteiger partial charge in [-0.15, -0.1) is 11.8 Å². The molecular weight excluding hydrogens is 597 g/mol. The van der Waals surface area contributed by atoms with Crippen molar-refractivity contribution in [2.45, 2.75) is 56.6 Å². The van der Waals surface area contributed by atoms with Crippen LogP contribution in [0.4, 0.5) is 5.69 Å². The summed E-state index contributed by atoms with van der Waals surface area (Å²) in [5, 5.41) is 11.0. The SMILES string of the molecule is CSc1cc(C2=C(C(=O)OCc3ccc([N+](=O)[O-])cc3)N3C(=O)[C@H]([C@@H](C)O[Si](C)(C)C)[C@H]3C2)cc2c1C(=O)c1ccccc1-2. The quantitative estimate of drug-likeness (QED) is 0.0518. The topological polar surface area (TPSA) is 116 Å². The molecule has 11 heteroatoms. The molecule has 1 aliphatic carbocycles. The van der Waals surface area contributed by atoms with Gasteiger partial charge in [-0.05, 0) is 91.3 Å². The van der Waals surface area contributed by atoms with Crippen LogP contribution in [0.3, 0.4) is 0 Å². The Balaban J connectivity index is 1.39. The average molecular weight is 629 g/mol. The molecule has 3 aromatic carbocycles. The van der Waals surface area contributed by atoms with Crippen LogP contribution in [-0.2, 0) is 25.4 Å². The van der Waals surface area contributed by atoms with Gasteiger partial charge in [0.25, 0.3) is 5.69 Å². The largest absolute Gasteiger partial charge is 0.456 e. The highest BCUT2D eigenvalue weighted by Crippen LogP contribution is 2.50. The minimum absolute atomic E-state index is 0.0222. The van der Waals surface area contributed by atoms with Gasteiger partial charge in [-0.3, -0.25) is 19.7 Å². The maximum Gasteiger partial charge on any atom is 0.355 e. The molecule has 226 valence electrons. The molecule has 0 spiro atoms. The summed E-state index contributed by atoms with van der Waals surface area (Å²) in [6.45, 7) is 8.06. The number of ether oxygens (including phenoxy) is 1. The van der Waals surface area contributed by atoms with Crippen molar-refractivity contribution in [2.75, 3.05) is 6.26 Å². The Morgan fingerprint density at radius 1 is 1.07 bits per heavy atom. The van der Waals surface area contributed by atoms with E-state index in [1.165, 1.54) is 36.0 Å². The molecule has 9 nitrogen and oxygen atoms in total. The van der Waals surface area contributed by atoms with E-state index in [0.29, 0.717) is 28.7 Å². The van der Waals surface area contributed by atoms with Crippen LogP contribution in [0.5, 0.6) is 0 Å². The Kier molecular flexibility index (Phi) is 7.59. The lowest BCUT2D eigenvalue weighted by Crippen LogP contribution is -2.63. The molecule has 44 heavy (non-hydrogen) atoms. The molecule has 1 amide bonds. The Bertz CT molecular complexity index is 1760. The zero-order valence-corrected chi connectivity index (χ0v) is 26.9. The van der Waals surface area contributed by atoms with Gasteiger partial charge >= 0.3 is 5.97 Å². The molecule has 0 radical (unpaired) electrons. The molecule has 1 fully saturated rings. The number of nitrogens with zero attached hydrogens (tertiary/aromatic N) is 2. The maximum absolute atomic E-state index is 13.8. The fourth-order valence-corrected chi connectivity index (χ4v) is 8.43. The third-order valence-corrected chi connectivity index (χ3v) is 10.2. The van der Waals surface area contributed by atoms with E-state index in [1.54, 1.807) is 4.90 Å². The van der Waals surface area contributed by atoms with Crippen molar-refractivity contribution in [2.24, 2.45) is 5.92 Å². The normalized spacial score (nSPS) is 19.3. The van der Waals surface area contributed by atoms with E-state index in [4.69, 9.17) is 9.16 Å². The van der Waals surface area contributed by atoms with Crippen LogP contribution in [0.1, 0.15) is 40.4 Å². The first kappa shape index (κ1) is 30.0. The van der Waals surface area contributed by atoms with Gasteiger partial charge in [0.15, 0.2) is 14.1 Å². The van der Waals surface area contributed by atoms with Crippen molar-refractivity contribution in [1.29, 1.82) is 0 Å². The number of esters is 1. The fourth-order valence-electron chi connectivity index (χ4n) is 6.51. The molecule has 2 aliphatic heterocycles. The summed E-state index contributed by atoms with van der Waals surface area (Å²) in [7, 11) is -1.94. The number of thioether (sulfide) groups is 1. The van der Waals surface area contributed by atoms with Gasteiger partial charge in [0, 0.05) is 28.2 Å². The molecule has 2 heterocycles. The second-order valence-corrected chi connectivity index (χ2v) is 17.6. The van der Waals surface area contributed by atoms with Crippen molar-refractivity contribution < 1.29 is 28.5 Å². The van der Waals surface area contributed by atoms with Gasteiger partial charge in [0.05, 0.1) is 23.0 Å². The molecule has 3 atom stereocenters. The number of hydrogen-bond acceptors (Lipinski definition) is 8. The number of hydrogen-bond donors (Lipinski definition) is 0. The summed E-state index contributed by atoms with van der Waals surface area (Å²) in [5.41, 5.74) is 5.13. The van der Waals surface area contributed by atoms with E-state index < -0.39 is 25.1 Å². The zero-order chi connectivity index (χ0) is 31.5. The Morgan fingerprint density at radius 3 is 2.39 bits per heavy atom. The highest BCUT2D eigenvalue weighted by Gasteiger charge is 2.58. The van der Waals surface area contributed by atoms with Crippen LogP contribution in [0, 0.1) is 16.0 Å². The Labute approximate surface area is 260 Å². The van der Waals surface area contributed by atoms with Crippen molar-refractivity contribution in [1.82, 2.24) is 4.90 Å². The lowest BCUT2D eigenvalue weighted by atomic mass is 9.82. The van der Waals surface area contributed by atoms with Gasteiger partial charge in [-0.2, -0.15) is 0 Å². The number of carbonyl (C=O) groups excluding carboxylic acids is 3. The van der Waals surface area contributed by atoms with Crippen molar-refractivity contribution in [3.63, 3.8) is 0 Å². The molecule has 3 aliphatic rings. The van der Waals surface area contributed by atoms with Crippen LogP contribution in [0.25, 0.3) is 16.7 Å². The van der Waals surface area contributed by atoms with E-state index in [9.17, 15) is 24.5 Å². The fraction of sp³-hybridized carbons (Fsp3) is 0.303. The number of benzene rings is 3. The molecule has 6 rings (SSSR count). The smallest absolute Gasteiger partial charge is 0.355 e. The molecule has 0 unspecified atom stereocenters. The predicted octanol–water partition coefficient (Wildman–Crippen LogP) is 6.45. The second kappa shape index (κ2) is 11.1. The van der Waals surface area contributed by atoms with E-state index in [0.717, 1.165) is 21.6 Å². The first-order valence-electron chi connectivity index (χ1n) is 14.4. The van der Waals surface area contributed by atoms with Crippen LogP contribution < -0.4 is 0 Å². The lowest BCUT2D eigenvalue weighted by Gasteiger charge is -2.47. The first-order valence-corrected chi connectivity index (χ1v) is 19.0. The first-order chi connectivity index (χ1) is 20.9. The van der Waals surface area contributed by atoms with Gasteiger partial charge in [-0.1, -0.05) is 24.3 Å². The number of β-lactam (4-membered cyclic amide) rings is 1. The van der Waals surface area contributed by atoms with Crippen molar-refractivity contribution >= 4 is 49.0 Å². The Morgan fingerprint density at radius 2 is 1.75 bits per heavy atom. The van der Waals surface area contributed by atoms with Gasteiger partial charge in [0.2, 0.25) is 5.91 Å². The number of nitro benzene ring substituents is 1. The zero-order valence-electron chi connectivity index (χ0n) is 25.1. The van der Waals surface area contributed by atoms with E-state index >= 15 is 0 Å². The number of rotatable bonds is 9. The molecule has 3 aromatic rings. The summed E-state index contributed by atoms with van der Waals surface area (Å²) in [6.07, 6.45) is 2.05. The molecule has 0 N–H and O–H groups in total. The highest BCUT2D eigenvalue weighted by molar-refractivity contribution is 7.98. The van der Waals surface area contributed by atoms with E-state index in [-0.39, 0.29) is 41.8 Å². The number of non-ortho nitro benzene ring substituents is 1. The maximum atomic E-state index is 13.8. The highest BCUT2D eigenvalue weighted by atomic mass is 32.2. The van der Waals surface area contributed by atoms with Crippen LogP contribution in [0.15, 0.2) is 71.3 Å². The summed E-state index contributed by atoms with van der Waals surface area (Å²) in [5.74, 6) is -1.24. The summed E-state index contributed by atoms with van der Waals surface area (Å²) in [6, 6.07) is 16.9. The number of carbonyl (C=O) groups is 3. The number of nitro groups is 1. The number of fused-ring (bicyclic) bond motifs is 4. The molecular formula is C33H32N2O7SSi. The van der Waals surface area contributed by atoms with E-state index in [1.807, 2.05) is 49.6 Å². The predicted molar refractivity (Wildman–Crippen MR) is 170 cm³/mol. The van der Waals surface area contributed by atoms with Crippen LogP contribution >= 0.6 is 11.8 Å². The molecule has 1 saturated heterocycles. The average Bonchev–Trinajstić information content (AvgIpc) is 3.47. The molecule has 0 aromatic heterocycles. The standard InChI is InChI=1S/C33H32N2O7SSi/c1-18(42-44(3,4)5)28-26-16-24(20-14-25-22-8-6-7-9-23(22)31(36)29(25)27(15-20)43-2)30(34(26)32(28)37)33(38)41-17-19-10-12-21(13-11-19)35(39)40/h6-15,18,26,28H,16-17H2,1-5H3/t18-,26-,28-/m1/s1. The number of ketones is 1. The van der Waals surface area contributed by atoms with Crippen molar-refractivity contribution in [3.8, 4) is 11.1 Å². The lowest BCUT2D eigenvalue weighted by molar-refractivity contribution is -0.384. The number of amides is 1. The molecule has 0 saturated carbocycles. The van der Waals surface area contributed by atoms with Gasteiger partial charge in [-0.25, -0.2) is 4.79 Å². The summed E-state index contributed by atoms with van der Waals surface area (Å²) < 4.78 is 12.0. The third kappa shape index (κ3) is 5.08. The monoisotopic (exact) mass is 628 g/mol. The Hall–Kier alpha value is -4.06. The third-order valence-electron chi connectivity index (χ3n) is 8.32. The van der Waals surface area contributed by atoms with Crippen LogP contribution in [0.2, 0.25) is 19.6 Å². The van der Waals surface area contributed by atoms with Gasteiger partial charge < -0.3 is 14.1 Å². The molecule has 0 bridgehead atoms. The summed E-state index contributed by atoms with van der Waals surface area (Å²) in [4.78, 5) is 53.7. The van der Waals surface area contributed by atoms with Crippen LogP contribution in [-0.4, -0.2) is 54.2 Å². The van der Waals surface area contributed by atoms with E-state index in [2.05, 4.69) is 19.6 Å². The second-order valence-electron chi connectivity index (χ2n) is 12.2.